The van der Waals surface area contributed by atoms with E-state index in [2.05, 4.69) is 26.8 Å². The van der Waals surface area contributed by atoms with Gasteiger partial charge in [0.2, 0.25) is 0 Å². The van der Waals surface area contributed by atoms with Gasteiger partial charge in [-0.3, -0.25) is 0 Å². The average Bonchev–Trinajstić information content (AvgIpc) is 2.50. The SMILES string of the molecule is CCC(O)(c1sccc1C)C(C)C. The third kappa shape index (κ3) is 1.79. The first-order chi connectivity index (χ1) is 6.02. The summed E-state index contributed by atoms with van der Waals surface area (Å²) in [6.07, 6.45) is 0.784. The number of aryl methyl sites for hydroxylation is 1. The van der Waals surface area contributed by atoms with Gasteiger partial charge in [0.25, 0.3) is 0 Å². The smallest absolute Gasteiger partial charge is 0.101 e. The van der Waals surface area contributed by atoms with E-state index in [9.17, 15) is 5.11 Å². The second-order valence-electron chi connectivity index (χ2n) is 3.87. The molecule has 0 aromatic carbocycles. The van der Waals surface area contributed by atoms with Gasteiger partial charge < -0.3 is 5.11 Å². The van der Waals surface area contributed by atoms with Crippen molar-refractivity contribution < 1.29 is 5.11 Å². The van der Waals surface area contributed by atoms with Crippen molar-refractivity contribution in [3.8, 4) is 0 Å². The molecule has 74 valence electrons. The Labute approximate surface area is 84.4 Å². The normalized spacial score (nSPS) is 16.2. The van der Waals surface area contributed by atoms with E-state index in [1.54, 1.807) is 11.3 Å². The fourth-order valence-electron chi connectivity index (χ4n) is 1.65. The molecule has 1 rings (SSSR count). The monoisotopic (exact) mass is 198 g/mol. The minimum absolute atomic E-state index is 0.273. The van der Waals surface area contributed by atoms with Crippen molar-refractivity contribution in [2.24, 2.45) is 5.92 Å². The Morgan fingerprint density at radius 1 is 1.54 bits per heavy atom. The van der Waals surface area contributed by atoms with Gasteiger partial charge in [0, 0.05) is 4.88 Å². The minimum Gasteiger partial charge on any atom is -0.384 e. The Bertz CT molecular complexity index is 277. The van der Waals surface area contributed by atoms with Crippen molar-refractivity contribution in [2.45, 2.75) is 39.7 Å². The van der Waals surface area contributed by atoms with Crippen LogP contribution in [0.3, 0.4) is 0 Å². The van der Waals surface area contributed by atoms with E-state index in [-0.39, 0.29) is 5.92 Å². The number of aliphatic hydroxyl groups is 1. The van der Waals surface area contributed by atoms with Crippen LogP contribution >= 0.6 is 11.3 Å². The summed E-state index contributed by atoms with van der Waals surface area (Å²) in [5.41, 5.74) is 0.584. The highest BCUT2D eigenvalue weighted by Crippen LogP contribution is 2.37. The zero-order valence-electron chi connectivity index (χ0n) is 8.79. The molecular weight excluding hydrogens is 180 g/mol. The zero-order chi connectivity index (χ0) is 10.1. The minimum atomic E-state index is -0.627. The lowest BCUT2D eigenvalue weighted by molar-refractivity contribution is -0.0110. The summed E-state index contributed by atoms with van der Waals surface area (Å²) in [5, 5.41) is 12.5. The van der Waals surface area contributed by atoms with Crippen LogP contribution in [0.2, 0.25) is 0 Å². The molecule has 0 aliphatic carbocycles. The molecule has 0 fully saturated rings. The average molecular weight is 198 g/mol. The van der Waals surface area contributed by atoms with Crippen molar-refractivity contribution in [3.05, 3.63) is 21.9 Å². The second-order valence-corrected chi connectivity index (χ2v) is 4.78. The van der Waals surface area contributed by atoms with Gasteiger partial charge in [-0.25, -0.2) is 0 Å². The molecule has 0 amide bonds. The molecule has 0 aliphatic rings. The molecule has 1 atom stereocenters. The van der Waals surface area contributed by atoms with Crippen LogP contribution in [0.25, 0.3) is 0 Å². The van der Waals surface area contributed by atoms with Gasteiger partial charge in [0.1, 0.15) is 5.60 Å². The van der Waals surface area contributed by atoms with E-state index >= 15 is 0 Å². The first kappa shape index (κ1) is 10.7. The molecule has 1 nitrogen and oxygen atoms in total. The Kier molecular flexibility index (Phi) is 3.14. The lowest BCUT2D eigenvalue weighted by atomic mass is 9.85. The van der Waals surface area contributed by atoms with E-state index in [0.29, 0.717) is 0 Å². The van der Waals surface area contributed by atoms with Gasteiger partial charge in [-0.15, -0.1) is 11.3 Å². The molecule has 0 spiro atoms. The fraction of sp³-hybridized carbons (Fsp3) is 0.636. The molecule has 0 saturated heterocycles. The molecule has 13 heavy (non-hydrogen) atoms. The number of hydrogen-bond acceptors (Lipinski definition) is 2. The Hall–Kier alpha value is -0.340. The predicted octanol–water partition coefficient (Wildman–Crippen LogP) is 3.31. The summed E-state index contributed by atoms with van der Waals surface area (Å²) in [6, 6.07) is 2.07. The summed E-state index contributed by atoms with van der Waals surface area (Å²) >= 11 is 1.66. The standard InChI is InChI=1S/C11H18OS/c1-5-11(12,8(2)3)10-9(4)6-7-13-10/h6-8,12H,5H2,1-4H3. The lowest BCUT2D eigenvalue weighted by Crippen LogP contribution is -2.30. The predicted molar refractivity (Wildman–Crippen MR) is 58.1 cm³/mol. The highest BCUT2D eigenvalue weighted by Gasteiger charge is 2.33. The van der Waals surface area contributed by atoms with Gasteiger partial charge in [-0.2, -0.15) is 0 Å². The number of hydrogen-bond donors (Lipinski definition) is 1. The van der Waals surface area contributed by atoms with Crippen LogP contribution in [-0.4, -0.2) is 5.11 Å². The first-order valence-corrected chi connectivity index (χ1v) is 5.67. The molecule has 2 heteroatoms. The van der Waals surface area contributed by atoms with Crippen molar-refractivity contribution in [1.82, 2.24) is 0 Å². The molecule has 1 heterocycles. The van der Waals surface area contributed by atoms with Gasteiger partial charge in [-0.1, -0.05) is 20.8 Å². The third-order valence-corrected chi connectivity index (χ3v) is 3.93. The van der Waals surface area contributed by atoms with E-state index < -0.39 is 5.60 Å². The van der Waals surface area contributed by atoms with E-state index in [4.69, 9.17) is 0 Å². The first-order valence-electron chi connectivity index (χ1n) is 4.79. The number of thiophene rings is 1. The van der Waals surface area contributed by atoms with Crippen LogP contribution in [0.5, 0.6) is 0 Å². The van der Waals surface area contributed by atoms with Crippen LogP contribution in [0, 0.1) is 12.8 Å². The Morgan fingerprint density at radius 3 is 2.46 bits per heavy atom. The summed E-state index contributed by atoms with van der Waals surface area (Å²) in [6.45, 7) is 8.25. The topological polar surface area (TPSA) is 20.2 Å². The molecule has 1 unspecified atom stereocenters. The quantitative estimate of drug-likeness (QED) is 0.790. The van der Waals surface area contributed by atoms with E-state index in [1.807, 2.05) is 12.3 Å². The molecule has 1 aromatic heterocycles. The summed E-state index contributed by atoms with van der Waals surface area (Å²) < 4.78 is 0. The fourth-order valence-corrected chi connectivity index (χ4v) is 2.89. The molecule has 0 saturated carbocycles. The van der Waals surface area contributed by atoms with Gasteiger partial charge in [0.15, 0.2) is 0 Å². The third-order valence-electron chi connectivity index (χ3n) is 2.75. The summed E-state index contributed by atoms with van der Waals surface area (Å²) in [7, 11) is 0. The Balaban J connectivity index is 3.10. The number of rotatable bonds is 3. The molecular formula is C11H18OS. The van der Waals surface area contributed by atoms with Crippen LogP contribution in [0.4, 0.5) is 0 Å². The highest BCUT2D eigenvalue weighted by atomic mass is 32.1. The molecule has 0 aliphatic heterocycles. The summed E-state index contributed by atoms with van der Waals surface area (Å²) in [5.74, 6) is 0.273. The van der Waals surface area contributed by atoms with Crippen LogP contribution in [-0.2, 0) is 5.60 Å². The van der Waals surface area contributed by atoms with Crippen LogP contribution in [0.15, 0.2) is 11.4 Å². The van der Waals surface area contributed by atoms with Crippen molar-refractivity contribution in [3.63, 3.8) is 0 Å². The van der Waals surface area contributed by atoms with E-state index in [0.717, 1.165) is 11.3 Å². The van der Waals surface area contributed by atoms with Crippen molar-refractivity contribution >= 4 is 11.3 Å². The van der Waals surface area contributed by atoms with Crippen LogP contribution in [0.1, 0.15) is 37.6 Å². The van der Waals surface area contributed by atoms with E-state index in [1.165, 1.54) is 5.56 Å². The van der Waals surface area contributed by atoms with Gasteiger partial charge in [-0.05, 0) is 36.3 Å². The van der Waals surface area contributed by atoms with Crippen molar-refractivity contribution in [2.75, 3.05) is 0 Å². The highest BCUT2D eigenvalue weighted by molar-refractivity contribution is 7.10. The summed E-state index contributed by atoms with van der Waals surface area (Å²) in [4.78, 5) is 1.13. The molecule has 1 aromatic rings. The molecule has 0 radical (unpaired) electrons. The van der Waals surface area contributed by atoms with Gasteiger partial charge >= 0.3 is 0 Å². The Morgan fingerprint density at radius 2 is 2.15 bits per heavy atom. The maximum Gasteiger partial charge on any atom is 0.101 e. The lowest BCUT2D eigenvalue weighted by Gasteiger charge is -2.30. The largest absolute Gasteiger partial charge is 0.384 e. The van der Waals surface area contributed by atoms with Crippen LogP contribution < -0.4 is 0 Å². The molecule has 1 N–H and O–H groups in total. The maximum absolute atomic E-state index is 10.4. The van der Waals surface area contributed by atoms with Gasteiger partial charge in [0.05, 0.1) is 0 Å². The molecule has 0 bridgehead atoms. The van der Waals surface area contributed by atoms with Crippen molar-refractivity contribution in [1.29, 1.82) is 0 Å². The second kappa shape index (κ2) is 3.81. The maximum atomic E-state index is 10.4. The zero-order valence-corrected chi connectivity index (χ0v) is 9.61.